The maximum Gasteiger partial charge on any atom is 0.243 e. The van der Waals surface area contributed by atoms with E-state index in [0.29, 0.717) is 37.6 Å². The van der Waals surface area contributed by atoms with Gasteiger partial charge in [0.05, 0.1) is 10.9 Å². The van der Waals surface area contributed by atoms with E-state index in [9.17, 15) is 13.2 Å². The molecule has 2 aromatic rings. The van der Waals surface area contributed by atoms with Crippen LogP contribution in [0.4, 0.5) is 0 Å². The first-order valence-electron chi connectivity index (χ1n) is 12.3. The van der Waals surface area contributed by atoms with E-state index in [2.05, 4.69) is 34.5 Å². The van der Waals surface area contributed by atoms with E-state index >= 15 is 0 Å². The summed E-state index contributed by atoms with van der Waals surface area (Å²) in [4.78, 5) is 17.6. The fraction of sp³-hybridized carbons (Fsp3) is 0.500. The first-order valence-corrected chi connectivity index (χ1v) is 13.8. The molecule has 0 radical (unpaired) electrons. The van der Waals surface area contributed by atoms with E-state index in [4.69, 9.17) is 0 Å². The number of nitrogens with zero attached hydrogens (tertiary/aromatic N) is 3. The van der Waals surface area contributed by atoms with Gasteiger partial charge in [-0.2, -0.15) is 4.31 Å². The van der Waals surface area contributed by atoms with Crippen molar-refractivity contribution in [2.75, 3.05) is 39.3 Å². The quantitative estimate of drug-likeness (QED) is 0.624. The molecule has 2 fully saturated rings. The van der Waals surface area contributed by atoms with Gasteiger partial charge in [-0.15, -0.1) is 0 Å². The van der Waals surface area contributed by atoms with Crippen LogP contribution in [0.5, 0.6) is 0 Å². The minimum atomic E-state index is -3.52. The molecule has 8 heteroatoms. The fourth-order valence-electron chi connectivity index (χ4n) is 4.76. The van der Waals surface area contributed by atoms with Crippen molar-refractivity contribution in [3.05, 3.63) is 65.7 Å². The monoisotopic (exact) mass is 484 g/mol. The Morgan fingerprint density at radius 3 is 2.15 bits per heavy atom. The van der Waals surface area contributed by atoms with Crippen molar-refractivity contribution in [2.24, 2.45) is 0 Å². The number of piperazine rings is 1. The summed E-state index contributed by atoms with van der Waals surface area (Å²) in [6, 6.07) is 16.6. The van der Waals surface area contributed by atoms with Crippen LogP contribution in [0.1, 0.15) is 37.3 Å². The van der Waals surface area contributed by atoms with Crippen LogP contribution in [0.25, 0.3) is 0 Å². The van der Waals surface area contributed by atoms with Crippen LogP contribution in [-0.4, -0.2) is 73.7 Å². The molecule has 1 amide bonds. The highest BCUT2D eigenvalue weighted by atomic mass is 32.2. The van der Waals surface area contributed by atoms with Gasteiger partial charge in [0.15, 0.2) is 0 Å². The maximum absolute atomic E-state index is 13.0. The molecule has 2 aromatic carbocycles. The molecular formula is C26H36N4O3S. The third-order valence-electron chi connectivity index (χ3n) is 6.86. The first-order chi connectivity index (χ1) is 16.4. The van der Waals surface area contributed by atoms with Crippen LogP contribution in [-0.2, 0) is 27.9 Å². The maximum atomic E-state index is 13.0. The van der Waals surface area contributed by atoms with E-state index in [1.807, 2.05) is 6.92 Å². The van der Waals surface area contributed by atoms with Crippen molar-refractivity contribution in [1.82, 2.24) is 19.4 Å². The fourth-order valence-corrected chi connectivity index (χ4v) is 6.20. The summed E-state index contributed by atoms with van der Waals surface area (Å²) in [5.41, 5.74) is 2.54. The van der Waals surface area contributed by atoms with Crippen LogP contribution < -0.4 is 5.32 Å². The smallest absolute Gasteiger partial charge is 0.243 e. The number of likely N-dealkylation sites (tertiary alicyclic amines) is 1. The predicted octanol–water partition coefficient (Wildman–Crippen LogP) is 2.68. The summed E-state index contributed by atoms with van der Waals surface area (Å²) >= 11 is 0. The average molecular weight is 485 g/mol. The predicted molar refractivity (Wildman–Crippen MR) is 134 cm³/mol. The Labute approximate surface area is 203 Å². The highest BCUT2D eigenvalue weighted by Crippen LogP contribution is 2.18. The summed E-state index contributed by atoms with van der Waals surface area (Å²) in [5.74, 6) is 0.0188. The van der Waals surface area contributed by atoms with Crippen molar-refractivity contribution in [3.63, 3.8) is 0 Å². The third-order valence-corrected chi connectivity index (χ3v) is 8.77. The SMILES string of the molecule is CC(NCc1ccccc1CN1CCCCC1)C(=O)N1CCN(S(=O)(=O)c2ccccc2)CC1. The lowest BCUT2D eigenvalue weighted by atomic mass is 10.0. The second-order valence-electron chi connectivity index (χ2n) is 9.25. The molecule has 0 aromatic heterocycles. The minimum Gasteiger partial charge on any atom is -0.339 e. The number of nitrogens with one attached hydrogen (secondary N) is 1. The average Bonchev–Trinajstić information content (AvgIpc) is 2.89. The highest BCUT2D eigenvalue weighted by Gasteiger charge is 2.31. The molecule has 0 bridgehead atoms. The van der Waals surface area contributed by atoms with Gasteiger partial charge in [0.2, 0.25) is 15.9 Å². The summed E-state index contributed by atoms with van der Waals surface area (Å²) in [5, 5.41) is 3.40. The van der Waals surface area contributed by atoms with Crippen LogP contribution in [0, 0.1) is 0 Å². The summed E-state index contributed by atoms with van der Waals surface area (Å²) in [7, 11) is -3.52. The number of rotatable bonds is 8. The molecule has 2 saturated heterocycles. The molecule has 1 atom stereocenters. The Hall–Kier alpha value is -2.26. The van der Waals surface area contributed by atoms with Gasteiger partial charge in [-0.3, -0.25) is 9.69 Å². The van der Waals surface area contributed by atoms with Crippen LogP contribution in [0.15, 0.2) is 59.5 Å². The molecule has 184 valence electrons. The molecule has 7 nitrogen and oxygen atoms in total. The van der Waals surface area contributed by atoms with Gasteiger partial charge in [-0.25, -0.2) is 8.42 Å². The van der Waals surface area contributed by atoms with E-state index < -0.39 is 10.0 Å². The Kier molecular flexibility index (Phi) is 8.37. The zero-order valence-corrected chi connectivity index (χ0v) is 20.8. The zero-order chi connectivity index (χ0) is 24.0. The lowest BCUT2D eigenvalue weighted by molar-refractivity contribution is -0.134. The number of carbonyl (C=O) groups is 1. The zero-order valence-electron chi connectivity index (χ0n) is 20.0. The summed E-state index contributed by atoms with van der Waals surface area (Å²) in [6.07, 6.45) is 3.86. The van der Waals surface area contributed by atoms with E-state index in [1.54, 1.807) is 35.2 Å². The van der Waals surface area contributed by atoms with Gasteiger partial charge in [0.1, 0.15) is 0 Å². The van der Waals surface area contributed by atoms with Gasteiger partial charge in [0.25, 0.3) is 0 Å². The molecule has 1 N–H and O–H groups in total. The van der Waals surface area contributed by atoms with Crippen LogP contribution in [0.3, 0.4) is 0 Å². The number of hydrogen-bond donors (Lipinski definition) is 1. The number of sulfonamides is 1. The number of amides is 1. The van der Waals surface area contributed by atoms with Gasteiger partial charge < -0.3 is 10.2 Å². The van der Waals surface area contributed by atoms with Crippen molar-refractivity contribution in [2.45, 2.75) is 50.2 Å². The number of piperidine rings is 1. The molecule has 0 aliphatic carbocycles. The lowest BCUT2D eigenvalue weighted by Crippen LogP contribution is -2.54. The number of benzene rings is 2. The standard InChI is InChI=1S/C26H36N4O3S/c1-22(27-20-23-10-6-7-11-24(23)21-28-14-8-3-9-15-28)26(31)29-16-18-30(19-17-29)34(32,33)25-12-4-2-5-13-25/h2,4-7,10-13,22,27H,3,8-9,14-21H2,1H3. The molecule has 4 rings (SSSR count). The second kappa shape index (κ2) is 11.4. The summed E-state index contributed by atoms with van der Waals surface area (Å²) < 4.78 is 27.2. The van der Waals surface area contributed by atoms with Crippen molar-refractivity contribution in [1.29, 1.82) is 0 Å². The molecule has 0 spiro atoms. The van der Waals surface area contributed by atoms with Gasteiger partial charge in [-0.05, 0) is 56.1 Å². The summed E-state index contributed by atoms with van der Waals surface area (Å²) in [6.45, 7) is 7.23. The van der Waals surface area contributed by atoms with Crippen molar-refractivity contribution < 1.29 is 13.2 Å². The molecule has 2 heterocycles. The van der Waals surface area contributed by atoms with Crippen LogP contribution in [0.2, 0.25) is 0 Å². The largest absolute Gasteiger partial charge is 0.339 e. The van der Waals surface area contributed by atoms with Gasteiger partial charge in [-0.1, -0.05) is 48.9 Å². The Bertz CT molecular complexity index is 1050. The van der Waals surface area contributed by atoms with Crippen molar-refractivity contribution in [3.8, 4) is 0 Å². The molecule has 0 saturated carbocycles. The number of hydrogen-bond acceptors (Lipinski definition) is 5. The highest BCUT2D eigenvalue weighted by molar-refractivity contribution is 7.89. The number of carbonyl (C=O) groups excluding carboxylic acids is 1. The Morgan fingerprint density at radius 1 is 0.853 bits per heavy atom. The first kappa shape index (κ1) is 24.9. The third kappa shape index (κ3) is 6.05. The lowest BCUT2D eigenvalue weighted by Gasteiger charge is -2.35. The molecule has 1 unspecified atom stereocenters. The topological polar surface area (TPSA) is 73.0 Å². The van der Waals surface area contributed by atoms with Gasteiger partial charge >= 0.3 is 0 Å². The van der Waals surface area contributed by atoms with Crippen molar-refractivity contribution >= 4 is 15.9 Å². The van der Waals surface area contributed by atoms with Gasteiger partial charge in [0, 0.05) is 39.3 Å². The van der Waals surface area contributed by atoms with E-state index in [0.717, 1.165) is 19.6 Å². The Balaban J connectivity index is 1.29. The molecular weight excluding hydrogens is 448 g/mol. The molecule has 2 aliphatic heterocycles. The Morgan fingerprint density at radius 2 is 1.47 bits per heavy atom. The molecule has 34 heavy (non-hydrogen) atoms. The molecule has 2 aliphatic rings. The second-order valence-corrected chi connectivity index (χ2v) is 11.2. The van der Waals surface area contributed by atoms with E-state index in [-0.39, 0.29) is 11.9 Å². The minimum absolute atomic E-state index is 0.0188. The van der Waals surface area contributed by atoms with Crippen LogP contribution >= 0.6 is 0 Å². The normalized spacial score (nSPS) is 19.1. The van der Waals surface area contributed by atoms with E-state index in [1.165, 1.54) is 34.7 Å².